The van der Waals surface area contributed by atoms with Crippen molar-refractivity contribution in [2.45, 2.75) is 122 Å². The van der Waals surface area contributed by atoms with E-state index in [4.69, 9.17) is 9.47 Å². The topological polar surface area (TPSA) is 146 Å². The Morgan fingerprint density at radius 2 is 1.83 bits per heavy atom. The van der Waals surface area contributed by atoms with E-state index >= 15 is 0 Å². The van der Waals surface area contributed by atoms with Gasteiger partial charge in [-0.3, -0.25) is 14.4 Å². The highest BCUT2D eigenvalue weighted by molar-refractivity contribution is 5.93. The Kier molecular flexibility index (Phi) is 13.6. The Morgan fingerprint density at radius 3 is 2.46 bits per heavy atom. The summed E-state index contributed by atoms with van der Waals surface area (Å²) in [5, 5.41) is 19.1. The smallest absolute Gasteiger partial charge is 0.408 e. The maximum Gasteiger partial charge on any atom is 0.408 e. The van der Waals surface area contributed by atoms with Crippen molar-refractivity contribution in [3.63, 3.8) is 0 Å². The first kappa shape index (κ1) is 34.5. The average molecular weight is 581 g/mol. The van der Waals surface area contributed by atoms with Crippen LogP contribution < -0.4 is 16.0 Å². The van der Waals surface area contributed by atoms with Crippen molar-refractivity contribution in [3.8, 4) is 0 Å². The van der Waals surface area contributed by atoms with Crippen LogP contribution in [0.1, 0.15) is 86.5 Å². The highest BCUT2D eigenvalue weighted by Crippen LogP contribution is 2.32. The summed E-state index contributed by atoms with van der Waals surface area (Å²) in [6, 6.07) is -2.72. The van der Waals surface area contributed by atoms with Crippen molar-refractivity contribution in [1.82, 2.24) is 20.9 Å². The summed E-state index contributed by atoms with van der Waals surface area (Å²) in [5.41, 5.74) is -0.762. The van der Waals surface area contributed by atoms with Crippen LogP contribution in [-0.2, 0) is 23.9 Å². The number of aliphatic hydroxyl groups is 1. The summed E-state index contributed by atoms with van der Waals surface area (Å²) in [6.07, 6.45) is 3.87. The van der Waals surface area contributed by atoms with Crippen LogP contribution in [0.3, 0.4) is 0 Å². The van der Waals surface area contributed by atoms with E-state index in [2.05, 4.69) is 22.5 Å². The Bertz CT molecular complexity index is 904. The Labute approximate surface area is 245 Å². The number of fused-ring (bicyclic) bond motifs is 1. The highest BCUT2D eigenvalue weighted by atomic mass is 16.6. The van der Waals surface area contributed by atoms with Crippen LogP contribution in [0.5, 0.6) is 0 Å². The average Bonchev–Trinajstić information content (AvgIpc) is 3.34. The summed E-state index contributed by atoms with van der Waals surface area (Å²) in [6.45, 7) is 15.5. The molecular formula is C30H52N4O7. The number of hydrogen-bond acceptors (Lipinski definition) is 7. The van der Waals surface area contributed by atoms with Gasteiger partial charge in [0.2, 0.25) is 11.8 Å². The molecule has 11 nitrogen and oxygen atoms in total. The lowest BCUT2D eigenvalue weighted by atomic mass is 9.87. The first-order chi connectivity index (χ1) is 19.3. The third kappa shape index (κ3) is 10.6. The van der Waals surface area contributed by atoms with E-state index in [0.717, 1.165) is 32.1 Å². The van der Waals surface area contributed by atoms with E-state index in [1.807, 2.05) is 13.8 Å². The van der Waals surface area contributed by atoms with Gasteiger partial charge in [-0.15, -0.1) is 6.58 Å². The van der Waals surface area contributed by atoms with Crippen LogP contribution in [-0.4, -0.2) is 89.5 Å². The van der Waals surface area contributed by atoms with Crippen LogP contribution in [0.25, 0.3) is 0 Å². The van der Waals surface area contributed by atoms with Gasteiger partial charge in [-0.25, -0.2) is 4.79 Å². The third-order valence-corrected chi connectivity index (χ3v) is 7.70. The summed E-state index contributed by atoms with van der Waals surface area (Å²) in [7, 11) is 0. The predicted octanol–water partition coefficient (Wildman–Crippen LogP) is 2.66. The first-order valence-corrected chi connectivity index (χ1v) is 15.1. The number of alkyl carbamates (subject to hydrolysis) is 1. The van der Waals surface area contributed by atoms with Gasteiger partial charge in [-0.1, -0.05) is 45.6 Å². The molecule has 0 aromatic heterocycles. The minimum atomic E-state index is -1.45. The summed E-state index contributed by atoms with van der Waals surface area (Å²) in [4.78, 5) is 54.8. The minimum Gasteiger partial charge on any atom is -0.444 e. The third-order valence-electron chi connectivity index (χ3n) is 7.70. The molecule has 0 radical (unpaired) electrons. The standard InChI is InChI=1S/C30H52N4O7/c1-8-16-31-27(37)25(35)22-14-12-10-9-11-13-18-40-20(4)23(33-29(39)41-30(5,6)7)28(38)34-17-15-21(19(2)3)24(34)26(36)32-22/h8,19-25,35H,1,9-18H2,2-7H3,(H,31,37)(H,32,36)(H,33,39)/t20-,21+,22-,23-,24-,25?/m0/s1. The zero-order chi connectivity index (χ0) is 30.7. The van der Waals surface area contributed by atoms with Crippen LogP contribution in [0.4, 0.5) is 4.79 Å². The minimum absolute atomic E-state index is 0.0827. The number of carbonyl (C=O) groups is 4. The molecule has 0 aromatic carbocycles. The molecule has 41 heavy (non-hydrogen) atoms. The largest absolute Gasteiger partial charge is 0.444 e. The Balaban J connectivity index is 2.41. The second-order valence-electron chi connectivity index (χ2n) is 12.5. The number of ether oxygens (including phenoxy) is 2. The fraction of sp³-hybridized carbons (Fsp3) is 0.800. The number of amides is 4. The molecule has 0 aliphatic carbocycles. The number of carbonyl (C=O) groups excluding carboxylic acids is 4. The number of aliphatic hydroxyl groups excluding tert-OH is 1. The summed E-state index contributed by atoms with van der Waals surface area (Å²) < 4.78 is 11.4. The fourth-order valence-electron chi connectivity index (χ4n) is 5.49. The van der Waals surface area contributed by atoms with E-state index in [1.165, 1.54) is 11.0 Å². The molecule has 4 amide bonds. The molecule has 2 rings (SSSR count). The SMILES string of the molecule is C=CCNC(=O)C(O)[C@@H]1CCCCCCCO[C@@H](C)[C@H](NC(=O)OC(C)(C)C)C(=O)N2CC[C@H](C(C)C)[C@H]2C(=O)N1. The molecule has 1 unspecified atom stereocenters. The molecular weight excluding hydrogens is 528 g/mol. The lowest BCUT2D eigenvalue weighted by Gasteiger charge is -2.35. The second kappa shape index (κ2) is 16.1. The maximum absolute atomic E-state index is 14.1. The monoisotopic (exact) mass is 580 g/mol. The second-order valence-corrected chi connectivity index (χ2v) is 12.5. The molecule has 234 valence electrons. The molecule has 0 spiro atoms. The van der Waals surface area contributed by atoms with Crippen LogP contribution in [0, 0.1) is 11.8 Å². The highest BCUT2D eigenvalue weighted by Gasteiger charge is 2.47. The zero-order valence-electron chi connectivity index (χ0n) is 25.7. The van der Waals surface area contributed by atoms with E-state index in [0.29, 0.717) is 26.0 Å². The molecule has 2 fully saturated rings. The molecule has 0 aromatic rings. The van der Waals surface area contributed by atoms with Gasteiger partial charge in [0.15, 0.2) is 6.10 Å². The van der Waals surface area contributed by atoms with E-state index in [-0.39, 0.29) is 18.4 Å². The van der Waals surface area contributed by atoms with Crippen molar-refractivity contribution < 1.29 is 33.8 Å². The van der Waals surface area contributed by atoms with E-state index in [9.17, 15) is 24.3 Å². The van der Waals surface area contributed by atoms with Crippen molar-refractivity contribution in [2.24, 2.45) is 11.8 Å². The number of nitrogens with one attached hydrogen (secondary N) is 3. The van der Waals surface area contributed by atoms with Gasteiger partial charge in [0.25, 0.3) is 5.91 Å². The zero-order valence-corrected chi connectivity index (χ0v) is 25.7. The van der Waals surface area contributed by atoms with E-state index < -0.39 is 59.7 Å². The van der Waals surface area contributed by atoms with Crippen LogP contribution in [0.15, 0.2) is 12.7 Å². The number of rotatable bonds is 6. The van der Waals surface area contributed by atoms with Crippen molar-refractivity contribution in [1.29, 1.82) is 0 Å². The van der Waals surface area contributed by atoms with Gasteiger partial charge in [0.05, 0.1) is 12.1 Å². The summed E-state index contributed by atoms with van der Waals surface area (Å²) in [5.74, 6) is -1.51. The molecule has 11 heteroatoms. The lowest BCUT2D eigenvalue weighted by molar-refractivity contribution is -0.145. The molecule has 2 aliphatic heterocycles. The predicted molar refractivity (Wildman–Crippen MR) is 156 cm³/mol. The van der Waals surface area contributed by atoms with Crippen molar-refractivity contribution >= 4 is 23.8 Å². The molecule has 2 aliphatic rings. The molecule has 0 bridgehead atoms. The lowest BCUT2D eigenvalue weighted by Crippen LogP contribution is -2.60. The van der Waals surface area contributed by atoms with Crippen LogP contribution in [0.2, 0.25) is 0 Å². The molecule has 2 saturated heterocycles. The van der Waals surface area contributed by atoms with Gasteiger partial charge in [0.1, 0.15) is 17.7 Å². The number of nitrogens with zero attached hydrogens (tertiary/aromatic N) is 1. The normalized spacial score (nSPS) is 27.9. The number of hydrogen-bond donors (Lipinski definition) is 4. The van der Waals surface area contributed by atoms with Gasteiger partial charge >= 0.3 is 6.09 Å². The van der Waals surface area contributed by atoms with Gasteiger partial charge in [-0.05, 0) is 58.8 Å². The van der Waals surface area contributed by atoms with Crippen molar-refractivity contribution in [2.75, 3.05) is 19.7 Å². The quantitative estimate of drug-likeness (QED) is 0.353. The molecule has 2 heterocycles. The molecule has 6 atom stereocenters. The van der Waals surface area contributed by atoms with E-state index in [1.54, 1.807) is 27.7 Å². The van der Waals surface area contributed by atoms with Gasteiger partial charge < -0.3 is 35.4 Å². The molecule has 0 saturated carbocycles. The Morgan fingerprint density at radius 1 is 1.17 bits per heavy atom. The fourth-order valence-corrected chi connectivity index (χ4v) is 5.49. The van der Waals surface area contributed by atoms with Crippen LogP contribution >= 0.6 is 0 Å². The van der Waals surface area contributed by atoms with Gasteiger partial charge in [0, 0.05) is 19.7 Å². The first-order valence-electron chi connectivity index (χ1n) is 15.1. The summed E-state index contributed by atoms with van der Waals surface area (Å²) >= 11 is 0. The Hall–Kier alpha value is -2.66. The van der Waals surface area contributed by atoms with Gasteiger partial charge in [-0.2, -0.15) is 0 Å². The van der Waals surface area contributed by atoms with Crippen molar-refractivity contribution in [3.05, 3.63) is 12.7 Å². The molecule has 4 N–H and O–H groups in total. The maximum atomic E-state index is 14.1.